The third-order valence-corrected chi connectivity index (χ3v) is 6.31. The lowest BCUT2D eigenvalue weighted by atomic mass is 9.83. The van der Waals surface area contributed by atoms with Gasteiger partial charge in [-0.3, -0.25) is 0 Å². The molecule has 0 bridgehead atoms. The second-order valence-corrected chi connectivity index (χ2v) is 9.27. The number of aromatic amines is 1. The van der Waals surface area contributed by atoms with Crippen LogP contribution in [0.4, 0.5) is 0 Å². The van der Waals surface area contributed by atoms with Gasteiger partial charge in [-0.1, -0.05) is 38.1 Å². The number of methoxy groups -OCH3 is 1. The third kappa shape index (κ3) is 3.73. The molecule has 5 nitrogen and oxygen atoms in total. The van der Waals surface area contributed by atoms with Gasteiger partial charge in [0, 0.05) is 28.6 Å². The minimum Gasteiger partial charge on any atom is -0.495 e. The van der Waals surface area contributed by atoms with Gasteiger partial charge in [-0.05, 0) is 43.2 Å². The van der Waals surface area contributed by atoms with E-state index in [1.54, 1.807) is 12.1 Å². The standard InChI is InChI=1S/C21H26N2O3S/c1-14-10-11-18(26-5)19(12-14)27(24,25)22-13-21(3,4)20-15(2)23-17-9-7-6-8-16(17)20/h6-12,22-23H,13H2,1-5H3. The van der Waals surface area contributed by atoms with E-state index in [9.17, 15) is 8.42 Å². The van der Waals surface area contributed by atoms with Crippen LogP contribution in [0.3, 0.4) is 0 Å². The molecule has 0 aliphatic heterocycles. The van der Waals surface area contributed by atoms with Crippen molar-refractivity contribution < 1.29 is 13.2 Å². The number of sulfonamides is 1. The van der Waals surface area contributed by atoms with Crippen molar-refractivity contribution in [1.82, 2.24) is 9.71 Å². The van der Waals surface area contributed by atoms with Crippen molar-refractivity contribution in [3.63, 3.8) is 0 Å². The summed E-state index contributed by atoms with van der Waals surface area (Å²) in [5.41, 5.74) is 3.70. The number of nitrogens with one attached hydrogen (secondary N) is 2. The predicted octanol–water partition coefficient (Wildman–Crippen LogP) is 4.05. The molecule has 0 fully saturated rings. The number of aryl methyl sites for hydroxylation is 2. The average Bonchev–Trinajstić information content (AvgIpc) is 2.96. The second-order valence-electron chi connectivity index (χ2n) is 7.53. The zero-order valence-corrected chi connectivity index (χ0v) is 17.2. The highest BCUT2D eigenvalue weighted by molar-refractivity contribution is 7.89. The van der Waals surface area contributed by atoms with E-state index in [2.05, 4.69) is 15.8 Å². The van der Waals surface area contributed by atoms with Gasteiger partial charge in [0.1, 0.15) is 10.6 Å². The molecule has 0 spiro atoms. The van der Waals surface area contributed by atoms with Gasteiger partial charge in [0.05, 0.1) is 7.11 Å². The number of aromatic nitrogens is 1. The number of rotatable bonds is 6. The van der Waals surface area contributed by atoms with Crippen molar-refractivity contribution >= 4 is 20.9 Å². The Bertz CT molecular complexity index is 1080. The summed E-state index contributed by atoms with van der Waals surface area (Å²) in [6.07, 6.45) is 0. The molecule has 0 atom stereocenters. The van der Waals surface area contributed by atoms with Gasteiger partial charge in [-0.2, -0.15) is 0 Å². The second kappa shape index (κ2) is 7.02. The first-order chi connectivity index (χ1) is 12.7. The molecule has 3 rings (SSSR count). The van der Waals surface area contributed by atoms with Crippen LogP contribution >= 0.6 is 0 Å². The van der Waals surface area contributed by atoms with Crippen molar-refractivity contribution in [2.45, 2.75) is 38.0 Å². The summed E-state index contributed by atoms with van der Waals surface area (Å²) in [4.78, 5) is 3.55. The van der Waals surface area contributed by atoms with Crippen molar-refractivity contribution in [3.05, 3.63) is 59.3 Å². The van der Waals surface area contributed by atoms with Gasteiger partial charge < -0.3 is 9.72 Å². The Hall–Kier alpha value is -2.31. The Labute approximate surface area is 160 Å². The van der Waals surface area contributed by atoms with Crippen LogP contribution in [0.2, 0.25) is 0 Å². The Kier molecular flexibility index (Phi) is 5.06. The maximum Gasteiger partial charge on any atom is 0.244 e. The molecule has 0 saturated carbocycles. The number of para-hydroxylation sites is 1. The van der Waals surface area contributed by atoms with Crippen LogP contribution in [0.25, 0.3) is 10.9 Å². The van der Waals surface area contributed by atoms with Gasteiger partial charge in [0.2, 0.25) is 10.0 Å². The van der Waals surface area contributed by atoms with Crippen LogP contribution in [-0.2, 0) is 15.4 Å². The number of hydrogen-bond donors (Lipinski definition) is 2. The smallest absolute Gasteiger partial charge is 0.244 e. The molecule has 1 aromatic heterocycles. The molecule has 0 saturated heterocycles. The number of benzene rings is 2. The van der Waals surface area contributed by atoms with Gasteiger partial charge in [0.25, 0.3) is 0 Å². The summed E-state index contributed by atoms with van der Waals surface area (Å²) < 4.78 is 33.9. The van der Waals surface area contributed by atoms with Crippen molar-refractivity contribution in [1.29, 1.82) is 0 Å². The SMILES string of the molecule is COc1ccc(C)cc1S(=O)(=O)NCC(C)(C)c1c(C)[nH]c2ccccc12. The monoisotopic (exact) mass is 386 g/mol. The Balaban J connectivity index is 1.93. The van der Waals surface area contributed by atoms with Gasteiger partial charge in [-0.15, -0.1) is 0 Å². The van der Waals surface area contributed by atoms with E-state index in [0.717, 1.165) is 27.7 Å². The van der Waals surface area contributed by atoms with E-state index in [0.29, 0.717) is 5.75 Å². The van der Waals surface area contributed by atoms with E-state index < -0.39 is 15.4 Å². The summed E-state index contributed by atoms with van der Waals surface area (Å²) in [7, 11) is -2.23. The number of fused-ring (bicyclic) bond motifs is 1. The first kappa shape index (κ1) is 19.5. The normalized spacial score (nSPS) is 12.5. The summed E-state index contributed by atoms with van der Waals surface area (Å²) in [5, 5.41) is 1.12. The molecule has 0 amide bonds. The molecule has 0 aliphatic carbocycles. The topological polar surface area (TPSA) is 71.2 Å². The van der Waals surface area contributed by atoms with E-state index in [4.69, 9.17) is 4.74 Å². The predicted molar refractivity (Wildman–Crippen MR) is 109 cm³/mol. The highest BCUT2D eigenvalue weighted by Crippen LogP contribution is 2.33. The molecular formula is C21H26N2O3S. The molecule has 0 aliphatic rings. The number of H-pyrrole nitrogens is 1. The van der Waals surface area contributed by atoms with E-state index in [1.807, 2.05) is 52.0 Å². The van der Waals surface area contributed by atoms with Crippen LogP contribution in [0.1, 0.15) is 30.7 Å². The van der Waals surface area contributed by atoms with Gasteiger partial charge in [0.15, 0.2) is 0 Å². The number of hydrogen-bond acceptors (Lipinski definition) is 3. The lowest BCUT2D eigenvalue weighted by molar-refractivity contribution is 0.401. The molecule has 27 heavy (non-hydrogen) atoms. The van der Waals surface area contributed by atoms with Crippen LogP contribution in [0, 0.1) is 13.8 Å². The molecule has 144 valence electrons. The maximum absolute atomic E-state index is 12.9. The molecular weight excluding hydrogens is 360 g/mol. The minimum atomic E-state index is -3.70. The summed E-state index contributed by atoms with van der Waals surface area (Å²) in [5.74, 6) is 0.342. The molecule has 3 aromatic rings. The lowest BCUT2D eigenvalue weighted by Gasteiger charge is -2.26. The zero-order valence-electron chi connectivity index (χ0n) is 16.4. The summed E-state index contributed by atoms with van der Waals surface area (Å²) in [6, 6.07) is 13.2. The van der Waals surface area contributed by atoms with Crippen molar-refractivity contribution in [3.8, 4) is 5.75 Å². The van der Waals surface area contributed by atoms with Crippen molar-refractivity contribution in [2.24, 2.45) is 0 Å². The minimum absolute atomic E-state index is 0.163. The van der Waals surface area contributed by atoms with Crippen LogP contribution < -0.4 is 9.46 Å². The number of ether oxygens (including phenoxy) is 1. The fraction of sp³-hybridized carbons (Fsp3) is 0.333. The molecule has 0 unspecified atom stereocenters. The van der Waals surface area contributed by atoms with Crippen LogP contribution in [0.5, 0.6) is 5.75 Å². The molecule has 0 radical (unpaired) electrons. The Morgan fingerprint density at radius 3 is 2.52 bits per heavy atom. The Morgan fingerprint density at radius 1 is 1.11 bits per heavy atom. The fourth-order valence-corrected chi connectivity index (χ4v) is 5.05. The maximum atomic E-state index is 12.9. The third-order valence-electron chi connectivity index (χ3n) is 4.88. The quantitative estimate of drug-likeness (QED) is 0.671. The van der Waals surface area contributed by atoms with Crippen LogP contribution in [0.15, 0.2) is 47.4 Å². The fourth-order valence-electron chi connectivity index (χ4n) is 3.58. The molecule has 2 N–H and O–H groups in total. The van der Waals surface area contributed by atoms with E-state index in [1.165, 1.54) is 7.11 Å². The van der Waals surface area contributed by atoms with Crippen molar-refractivity contribution in [2.75, 3.05) is 13.7 Å². The zero-order chi connectivity index (χ0) is 19.8. The van der Waals surface area contributed by atoms with Gasteiger partial charge in [-0.25, -0.2) is 13.1 Å². The summed E-state index contributed by atoms with van der Waals surface area (Å²) in [6.45, 7) is 8.25. The van der Waals surface area contributed by atoms with E-state index in [-0.39, 0.29) is 11.4 Å². The first-order valence-electron chi connectivity index (χ1n) is 8.88. The Morgan fingerprint density at radius 2 is 1.81 bits per heavy atom. The summed E-state index contributed by atoms with van der Waals surface area (Å²) >= 11 is 0. The van der Waals surface area contributed by atoms with Gasteiger partial charge >= 0.3 is 0 Å². The largest absolute Gasteiger partial charge is 0.495 e. The van der Waals surface area contributed by atoms with E-state index >= 15 is 0 Å². The molecule has 1 heterocycles. The average molecular weight is 387 g/mol. The highest BCUT2D eigenvalue weighted by atomic mass is 32.2. The first-order valence-corrected chi connectivity index (χ1v) is 10.4. The molecule has 2 aromatic carbocycles. The van der Waals surface area contributed by atoms with Crippen LogP contribution in [-0.4, -0.2) is 27.1 Å². The highest BCUT2D eigenvalue weighted by Gasteiger charge is 2.29. The lowest BCUT2D eigenvalue weighted by Crippen LogP contribution is -2.37. The molecule has 6 heteroatoms.